The van der Waals surface area contributed by atoms with Crippen molar-refractivity contribution in [2.75, 3.05) is 14.7 Å². The van der Waals surface area contributed by atoms with Gasteiger partial charge >= 0.3 is 0 Å². The maximum atomic E-state index is 7.34. The topological polar surface area (TPSA) is 19.0 Å². The molecule has 0 fully saturated rings. The van der Waals surface area contributed by atoms with Crippen molar-refractivity contribution in [2.24, 2.45) is 0 Å². The Morgan fingerprint density at radius 1 is 0.248 bits per heavy atom. The molecule has 4 aliphatic rings. The predicted octanol–water partition coefficient (Wildman–Crippen LogP) is 24.4. The summed E-state index contributed by atoms with van der Waals surface area (Å²) in [6, 6.07) is 145. The standard InChI is InChI=1S/C100H70BN3O/c1-99(2)83-51-28-30-53-95(83)105-96-66-87-92(65-85(96)99)103(88-57-54-72(67-32-11-3-12-33-67)60-81(88)71-40-19-7-20-41-71)93-63-75(73-55-58-90-84(61-73)100(76-42-21-8-22-43-76,77-44-23-9-24-45-77)82-50-27-29-52-89(82)102(90)78-46-25-10-26-47-78)64-94-97(93)101(87)86-62-74(68-34-13-4-14-35-68)56-59-91(86)104(94)98-79(69-36-15-5-16-37-69)48-31-49-80(98)70-38-17-6-18-39-70/h3-66H,1-2H3. The summed E-state index contributed by atoms with van der Waals surface area (Å²) in [6.07, 6.45) is 0. The zero-order chi connectivity index (χ0) is 69.7. The highest BCUT2D eigenvalue weighted by molar-refractivity contribution is 7.00. The van der Waals surface area contributed by atoms with Gasteiger partial charge in [0, 0.05) is 61.7 Å². The molecule has 20 rings (SSSR count). The monoisotopic (exact) mass is 1340 g/mol. The molecule has 0 spiro atoms. The van der Waals surface area contributed by atoms with Gasteiger partial charge in [-0.1, -0.05) is 323 Å². The van der Waals surface area contributed by atoms with E-state index < -0.39 is 10.8 Å². The van der Waals surface area contributed by atoms with Crippen molar-refractivity contribution in [3.05, 3.63) is 422 Å². The minimum absolute atomic E-state index is 0.310. The largest absolute Gasteiger partial charge is 0.457 e. The molecule has 0 atom stereocenters. The molecule has 0 amide bonds. The predicted molar refractivity (Wildman–Crippen MR) is 438 cm³/mol. The second kappa shape index (κ2) is 24.8. The molecule has 105 heavy (non-hydrogen) atoms. The zero-order valence-electron chi connectivity index (χ0n) is 58.3. The Morgan fingerprint density at radius 2 is 0.695 bits per heavy atom. The molecule has 0 saturated heterocycles. The van der Waals surface area contributed by atoms with Crippen LogP contribution in [0.15, 0.2) is 388 Å². The minimum atomic E-state index is -0.771. The van der Waals surface area contributed by atoms with Crippen molar-refractivity contribution in [3.8, 4) is 78.3 Å². The highest BCUT2D eigenvalue weighted by Crippen LogP contribution is 2.60. The molecule has 0 N–H and O–H groups in total. The fourth-order valence-corrected chi connectivity index (χ4v) is 17.8. The van der Waals surface area contributed by atoms with E-state index in [1.807, 2.05) is 0 Å². The van der Waals surface area contributed by atoms with Gasteiger partial charge in [0.1, 0.15) is 11.5 Å². The Morgan fingerprint density at radius 3 is 1.29 bits per heavy atom. The summed E-state index contributed by atoms with van der Waals surface area (Å²) in [6.45, 7) is 4.43. The van der Waals surface area contributed by atoms with E-state index in [0.29, 0.717) is 0 Å². The van der Waals surface area contributed by atoms with Gasteiger partial charge in [-0.05, 0) is 168 Å². The average Bonchev–Trinajstić information content (AvgIpc) is 0.692. The first-order valence-electron chi connectivity index (χ1n) is 36.5. The highest BCUT2D eigenvalue weighted by atomic mass is 16.5. The van der Waals surface area contributed by atoms with Crippen LogP contribution in [0.4, 0.5) is 51.2 Å². The maximum absolute atomic E-state index is 7.34. The lowest BCUT2D eigenvalue weighted by molar-refractivity contribution is 0.418. The third-order valence-corrected chi connectivity index (χ3v) is 22.5. The molecule has 5 heteroatoms. The van der Waals surface area contributed by atoms with E-state index >= 15 is 0 Å². The Balaban J connectivity index is 0.957. The molecule has 16 aromatic rings. The second-order valence-corrected chi connectivity index (χ2v) is 28.6. The van der Waals surface area contributed by atoms with Gasteiger partial charge in [0.2, 0.25) is 0 Å². The average molecular weight is 1340 g/mol. The van der Waals surface area contributed by atoms with E-state index in [-0.39, 0.29) is 6.71 Å². The summed E-state index contributed by atoms with van der Waals surface area (Å²) in [5.41, 5.74) is 32.7. The summed E-state index contributed by atoms with van der Waals surface area (Å²) in [5.74, 6) is 1.75. The van der Waals surface area contributed by atoms with Crippen LogP contribution in [0.5, 0.6) is 11.5 Å². The van der Waals surface area contributed by atoms with Gasteiger partial charge in [-0.25, -0.2) is 0 Å². The molecule has 0 unspecified atom stereocenters. The number of hydrogen-bond acceptors (Lipinski definition) is 4. The van der Waals surface area contributed by atoms with Crippen LogP contribution in [0.25, 0.3) is 66.8 Å². The van der Waals surface area contributed by atoms with Crippen molar-refractivity contribution in [1.29, 1.82) is 0 Å². The number of nitrogens with zero attached hydrogens (tertiary/aromatic N) is 3. The van der Waals surface area contributed by atoms with Crippen LogP contribution in [0.3, 0.4) is 0 Å². The van der Waals surface area contributed by atoms with Crippen molar-refractivity contribution in [1.82, 2.24) is 0 Å². The molecule has 0 aromatic heterocycles. The number of benzene rings is 16. The number of ether oxygens (including phenoxy) is 1. The second-order valence-electron chi connectivity index (χ2n) is 28.6. The summed E-state index contributed by atoms with van der Waals surface area (Å²) in [5, 5.41) is 0. The lowest BCUT2D eigenvalue weighted by Gasteiger charge is -2.47. The van der Waals surface area contributed by atoms with Gasteiger partial charge in [-0.3, -0.25) is 0 Å². The maximum Gasteiger partial charge on any atom is 0.252 e. The zero-order valence-corrected chi connectivity index (χ0v) is 58.3. The number of fused-ring (bicyclic) bond motifs is 8. The molecule has 0 aliphatic carbocycles. The van der Waals surface area contributed by atoms with Crippen LogP contribution in [0, 0.1) is 0 Å². The molecular weight excluding hydrogens is 1270 g/mol. The van der Waals surface area contributed by atoms with Gasteiger partial charge in [0.25, 0.3) is 6.71 Å². The van der Waals surface area contributed by atoms with E-state index in [1.165, 1.54) is 33.2 Å². The van der Waals surface area contributed by atoms with Gasteiger partial charge < -0.3 is 19.4 Å². The summed E-state index contributed by atoms with van der Waals surface area (Å²) in [4.78, 5) is 7.80. The number of anilines is 9. The van der Waals surface area contributed by atoms with E-state index in [2.05, 4.69) is 417 Å². The Hall–Kier alpha value is -13.2. The molecular formula is C100H70BN3O. The Bertz CT molecular complexity index is 5930. The van der Waals surface area contributed by atoms with Crippen molar-refractivity contribution in [3.63, 3.8) is 0 Å². The molecule has 4 aliphatic heterocycles. The molecule has 494 valence electrons. The SMILES string of the molecule is CC1(C)c2ccccc2Oc2cc3c(cc21)N(c1ccc(-c2ccccc2)cc1-c1ccccc1)c1cc(-c2ccc4c(c2)C(c2ccccc2)(c2ccccc2)c2ccccc2N4c2ccccc2)cc2c1B3c1cc(-c3ccccc3)ccc1N2c1c(-c2ccccc2)cccc1-c1ccccc1. The first kappa shape index (κ1) is 61.6. The lowest BCUT2D eigenvalue weighted by Crippen LogP contribution is -2.61. The van der Waals surface area contributed by atoms with E-state index in [4.69, 9.17) is 4.74 Å². The van der Waals surface area contributed by atoms with Gasteiger partial charge in [0.05, 0.1) is 28.2 Å². The highest BCUT2D eigenvalue weighted by Gasteiger charge is 2.50. The number of para-hydroxylation sites is 4. The van der Waals surface area contributed by atoms with Crippen LogP contribution in [0.2, 0.25) is 0 Å². The first-order valence-corrected chi connectivity index (χ1v) is 36.5. The van der Waals surface area contributed by atoms with E-state index in [1.54, 1.807) is 0 Å². The van der Waals surface area contributed by atoms with Crippen LogP contribution in [-0.2, 0) is 10.8 Å². The fraction of sp³-hybridized carbons (Fsp3) is 0.0400. The molecule has 4 nitrogen and oxygen atoms in total. The van der Waals surface area contributed by atoms with Crippen molar-refractivity contribution in [2.45, 2.75) is 24.7 Å². The fourth-order valence-electron chi connectivity index (χ4n) is 17.8. The Kier molecular flexibility index (Phi) is 14.6. The number of hydrogen-bond donors (Lipinski definition) is 0. The van der Waals surface area contributed by atoms with E-state index in [0.717, 1.165) is 146 Å². The van der Waals surface area contributed by atoms with Crippen LogP contribution < -0.4 is 35.8 Å². The lowest BCUT2D eigenvalue weighted by atomic mass is 9.33. The summed E-state index contributed by atoms with van der Waals surface area (Å²) >= 11 is 0. The Labute approximate surface area is 614 Å². The smallest absolute Gasteiger partial charge is 0.252 e. The molecule has 0 bridgehead atoms. The van der Waals surface area contributed by atoms with Gasteiger partial charge in [0.15, 0.2) is 0 Å². The summed E-state index contributed by atoms with van der Waals surface area (Å²) in [7, 11) is 0. The molecule has 0 saturated carbocycles. The molecule has 0 radical (unpaired) electrons. The van der Waals surface area contributed by atoms with Crippen LogP contribution >= 0.6 is 0 Å². The molecule has 4 heterocycles. The minimum Gasteiger partial charge on any atom is -0.457 e. The third-order valence-electron chi connectivity index (χ3n) is 22.5. The van der Waals surface area contributed by atoms with E-state index in [9.17, 15) is 0 Å². The third kappa shape index (κ3) is 9.83. The van der Waals surface area contributed by atoms with Crippen molar-refractivity contribution >= 4 is 74.3 Å². The summed E-state index contributed by atoms with van der Waals surface area (Å²) < 4.78 is 7.34. The normalized spacial score (nSPS) is 13.8. The van der Waals surface area contributed by atoms with Crippen LogP contribution in [-0.4, -0.2) is 6.71 Å². The number of rotatable bonds is 11. The van der Waals surface area contributed by atoms with Gasteiger partial charge in [-0.15, -0.1) is 0 Å². The molecule has 16 aromatic carbocycles. The van der Waals surface area contributed by atoms with Gasteiger partial charge in [-0.2, -0.15) is 0 Å². The quantitative estimate of drug-likeness (QED) is 0.120. The van der Waals surface area contributed by atoms with Crippen LogP contribution in [0.1, 0.15) is 47.2 Å². The first-order chi connectivity index (χ1) is 51.9. The van der Waals surface area contributed by atoms with Crippen molar-refractivity contribution < 1.29 is 4.74 Å².